The number of hydrogen-bond donors (Lipinski definition) is 1. The second-order valence-corrected chi connectivity index (χ2v) is 9.04. The highest BCUT2D eigenvalue weighted by molar-refractivity contribution is 6.07. The molecule has 0 aliphatic rings. The fourth-order valence-corrected chi connectivity index (χ4v) is 3.63. The Hall–Kier alpha value is -2.86. The van der Waals surface area contributed by atoms with Crippen molar-refractivity contribution in [1.82, 2.24) is 0 Å². The van der Waals surface area contributed by atoms with E-state index in [1.54, 1.807) is 24.3 Å². The molecule has 2 aromatic carbocycles. The van der Waals surface area contributed by atoms with Crippen LogP contribution in [-0.2, 0) is 4.79 Å². The van der Waals surface area contributed by atoms with Crippen molar-refractivity contribution < 1.29 is 22.9 Å². The summed E-state index contributed by atoms with van der Waals surface area (Å²) in [7, 11) is 4.11. The molecule has 0 fully saturated rings. The van der Waals surface area contributed by atoms with Crippen LogP contribution in [0.25, 0.3) is 6.08 Å². The van der Waals surface area contributed by atoms with Crippen molar-refractivity contribution in [2.24, 2.45) is 0 Å². The molecule has 178 valence electrons. The van der Waals surface area contributed by atoms with Crippen molar-refractivity contribution in [2.45, 2.75) is 45.4 Å². The van der Waals surface area contributed by atoms with Crippen LogP contribution in [0.15, 0.2) is 48.5 Å². The number of hydrogen-bond acceptors (Lipinski definition) is 2. The van der Waals surface area contributed by atoms with Gasteiger partial charge in [0, 0.05) is 16.8 Å². The molecule has 0 heterocycles. The van der Waals surface area contributed by atoms with Crippen LogP contribution in [0.4, 0.5) is 14.5 Å². The Kier molecular flexibility index (Phi) is 10.4. The van der Waals surface area contributed by atoms with Gasteiger partial charge in [-0.05, 0) is 61.4 Å². The van der Waals surface area contributed by atoms with E-state index in [1.807, 2.05) is 0 Å². The summed E-state index contributed by atoms with van der Waals surface area (Å²) in [5.74, 6) is -1.92. The van der Waals surface area contributed by atoms with Crippen LogP contribution in [0.3, 0.4) is 0 Å². The zero-order valence-electron chi connectivity index (χ0n) is 19.9. The molecule has 33 heavy (non-hydrogen) atoms. The van der Waals surface area contributed by atoms with E-state index in [4.69, 9.17) is 0 Å². The smallest absolute Gasteiger partial charge is 0.279 e. The van der Waals surface area contributed by atoms with Crippen LogP contribution in [0.5, 0.6) is 0 Å². The summed E-state index contributed by atoms with van der Waals surface area (Å²) < 4.78 is 28.0. The topological polar surface area (TPSA) is 46.2 Å². The standard InChI is InChI=1S/C27H34F2N2O2/c1-4-5-6-7-8-9-19-31(2,3)20-27(33)30-22-15-13-21(14-16-22)26(32)18-17-23-24(28)11-10-12-25(23)29/h10-18H,4-9,19-20H2,1-3H3/p+1/b18-17+. The van der Waals surface area contributed by atoms with Crippen molar-refractivity contribution in [3.05, 3.63) is 71.3 Å². The quantitative estimate of drug-likeness (QED) is 0.168. The molecule has 0 saturated carbocycles. The molecular weight excluding hydrogens is 422 g/mol. The van der Waals surface area contributed by atoms with E-state index in [1.165, 1.54) is 38.2 Å². The Morgan fingerprint density at radius 3 is 2.15 bits per heavy atom. The fraction of sp³-hybridized carbons (Fsp3) is 0.407. The molecule has 0 bridgehead atoms. The minimum absolute atomic E-state index is 0.0833. The average molecular weight is 458 g/mol. The lowest BCUT2D eigenvalue weighted by molar-refractivity contribution is -0.882. The van der Waals surface area contributed by atoms with Gasteiger partial charge in [0.25, 0.3) is 5.91 Å². The summed E-state index contributed by atoms with van der Waals surface area (Å²) in [6.45, 7) is 3.52. The lowest BCUT2D eigenvalue weighted by Gasteiger charge is -2.29. The number of ketones is 1. The number of rotatable bonds is 13. The van der Waals surface area contributed by atoms with Gasteiger partial charge in [-0.15, -0.1) is 0 Å². The summed E-state index contributed by atoms with van der Waals surface area (Å²) in [5.41, 5.74) is 0.705. The van der Waals surface area contributed by atoms with Crippen LogP contribution >= 0.6 is 0 Å². The van der Waals surface area contributed by atoms with Crippen LogP contribution in [0.1, 0.15) is 61.4 Å². The van der Waals surface area contributed by atoms with E-state index in [-0.39, 0.29) is 17.3 Å². The van der Waals surface area contributed by atoms with Crippen LogP contribution in [-0.4, -0.2) is 43.4 Å². The van der Waals surface area contributed by atoms with Gasteiger partial charge in [0.15, 0.2) is 12.3 Å². The molecule has 0 spiro atoms. The van der Waals surface area contributed by atoms with E-state index >= 15 is 0 Å². The molecule has 1 amide bonds. The summed E-state index contributed by atoms with van der Waals surface area (Å²) in [5, 5.41) is 2.87. The molecule has 4 nitrogen and oxygen atoms in total. The normalized spacial score (nSPS) is 11.7. The molecule has 1 N–H and O–H groups in total. The molecule has 0 aromatic heterocycles. The lowest BCUT2D eigenvalue weighted by atomic mass is 10.1. The number of anilines is 1. The highest BCUT2D eigenvalue weighted by atomic mass is 19.1. The van der Waals surface area contributed by atoms with Gasteiger partial charge in [0.05, 0.1) is 20.6 Å². The molecule has 2 aromatic rings. The van der Waals surface area contributed by atoms with Crippen LogP contribution in [0, 0.1) is 11.6 Å². The summed E-state index contributed by atoms with van der Waals surface area (Å²) in [6.07, 6.45) is 9.60. The Morgan fingerprint density at radius 2 is 1.52 bits per heavy atom. The van der Waals surface area contributed by atoms with Gasteiger partial charge < -0.3 is 9.80 Å². The molecule has 0 saturated heterocycles. The van der Waals surface area contributed by atoms with Crippen LogP contribution < -0.4 is 5.32 Å². The average Bonchev–Trinajstić information content (AvgIpc) is 2.75. The number of nitrogens with zero attached hydrogens (tertiary/aromatic N) is 1. The molecule has 6 heteroatoms. The van der Waals surface area contributed by atoms with E-state index in [0.717, 1.165) is 37.3 Å². The number of carbonyl (C=O) groups excluding carboxylic acids is 2. The van der Waals surface area contributed by atoms with Crippen molar-refractivity contribution in [2.75, 3.05) is 32.5 Å². The molecular formula is C27H35F2N2O2+. The molecule has 2 rings (SSSR count). The second-order valence-electron chi connectivity index (χ2n) is 9.04. The monoisotopic (exact) mass is 457 g/mol. The number of allylic oxidation sites excluding steroid dienone is 1. The summed E-state index contributed by atoms with van der Waals surface area (Å²) in [6, 6.07) is 10.0. The van der Waals surface area contributed by atoms with Gasteiger partial charge in [-0.1, -0.05) is 38.7 Å². The third-order valence-corrected chi connectivity index (χ3v) is 5.54. The maximum Gasteiger partial charge on any atom is 0.279 e. The number of nitrogens with one attached hydrogen (secondary N) is 1. The first-order chi connectivity index (χ1) is 15.7. The van der Waals surface area contributed by atoms with Gasteiger partial charge in [-0.2, -0.15) is 0 Å². The Bertz CT molecular complexity index is 933. The molecule has 0 aliphatic carbocycles. The number of carbonyl (C=O) groups is 2. The predicted molar refractivity (Wildman–Crippen MR) is 130 cm³/mol. The largest absolute Gasteiger partial charge is 0.321 e. The van der Waals surface area contributed by atoms with Gasteiger partial charge in [-0.3, -0.25) is 9.59 Å². The number of amides is 1. The van der Waals surface area contributed by atoms with E-state index in [0.29, 0.717) is 22.3 Å². The van der Waals surface area contributed by atoms with Crippen molar-refractivity contribution in [3.63, 3.8) is 0 Å². The zero-order valence-corrected chi connectivity index (χ0v) is 19.9. The second kappa shape index (κ2) is 13.0. The summed E-state index contributed by atoms with van der Waals surface area (Å²) in [4.78, 5) is 24.8. The van der Waals surface area contributed by atoms with E-state index in [9.17, 15) is 18.4 Å². The van der Waals surface area contributed by atoms with Gasteiger partial charge in [-0.25, -0.2) is 8.78 Å². The number of likely N-dealkylation sites (N-methyl/N-ethyl adjacent to an activating group) is 1. The van der Waals surface area contributed by atoms with Crippen molar-refractivity contribution in [1.29, 1.82) is 0 Å². The van der Waals surface area contributed by atoms with Gasteiger partial charge in [0.1, 0.15) is 11.6 Å². The van der Waals surface area contributed by atoms with Crippen LogP contribution in [0.2, 0.25) is 0 Å². The lowest BCUT2D eigenvalue weighted by Crippen LogP contribution is -2.46. The molecule has 0 aliphatic heterocycles. The van der Waals surface area contributed by atoms with Gasteiger partial charge >= 0.3 is 0 Å². The number of quaternary nitrogens is 1. The molecule has 0 unspecified atom stereocenters. The van der Waals surface area contributed by atoms with E-state index < -0.39 is 11.6 Å². The fourth-order valence-electron chi connectivity index (χ4n) is 3.63. The summed E-state index contributed by atoms with van der Waals surface area (Å²) >= 11 is 0. The van der Waals surface area contributed by atoms with E-state index in [2.05, 4.69) is 26.3 Å². The first-order valence-corrected chi connectivity index (χ1v) is 11.6. The number of halogens is 2. The molecule has 0 radical (unpaired) electrons. The zero-order chi connectivity index (χ0) is 24.3. The third-order valence-electron chi connectivity index (χ3n) is 5.54. The van der Waals surface area contributed by atoms with Crippen molar-refractivity contribution >= 4 is 23.5 Å². The number of benzene rings is 2. The maximum atomic E-state index is 13.7. The third kappa shape index (κ3) is 9.26. The van der Waals surface area contributed by atoms with Gasteiger partial charge in [0.2, 0.25) is 0 Å². The number of unbranched alkanes of at least 4 members (excludes halogenated alkanes) is 5. The minimum atomic E-state index is -0.727. The predicted octanol–water partition coefficient (Wildman–Crippen LogP) is 6.24. The highest BCUT2D eigenvalue weighted by Crippen LogP contribution is 2.16. The minimum Gasteiger partial charge on any atom is -0.321 e. The SMILES string of the molecule is CCCCCCCC[N+](C)(C)CC(=O)Nc1ccc(C(=O)/C=C/c2c(F)cccc2F)cc1. The maximum absolute atomic E-state index is 13.7. The Balaban J connectivity index is 1.85. The molecule has 0 atom stereocenters. The Labute approximate surface area is 195 Å². The highest BCUT2D eigenvalue weighted by Gasteiger charge is 2.19. The first-order valence-electron chi connectivity index (χ1n) is 11.6. The van der Waals surface area contributed by atoms with Crippen molar-refractivity contribution in [3.8, 4) is 0 Å². The Morgan fingerprint density at radius 1 is 0.909 bits per heavy atom. The first kappa shape index (κ1) is 26.4.